The maximum Gasteiger partial charge on any atom is 0.240 e. The maximum absolute atomic E-state index is 13.3. The second-order valence-corrected chi connectivity index (χ2v) is 6.98. The van der Waals surface area contributed by atoms with Gasteiger partial charge in [-0.1, -0.05) is 17.7 Å². The Bertz CT molecular complexity index is 787. The van der Waals surface area contributed by atoms with Gasteiger partial charge in [-0.15, -0.1) is 11.8 Å². The molecular formula is C19H18F2N2OS. The Balaban J connectivity index is 2.18. The molecule has 130 valence electrons. The van der Waals surface area contributed by atoms with Gasteiger partial charge in [-0.2, -0.15) is 5.26 Å². The SMILES string of the molecule is Cc1ccc(N(CCC#N)C(=O)C(C)Sc2ccc(F)c(F)c2)cc1. The highest BCUT2D eigenvalue weighted by atomic mass is 32.2. The minimum Gasteiger partial charge on any atom is -0.310 e. The molecule has 0 saturated heterocycles. The largest absolute Gasteiger partial charge is 0.310 e. The van der Waals surface area contributed by atoms with Gasteiger partial charge in [0.1, 0.15) is 0 Å². The minimum absolute atomic E-state index is 0.186. The number of hydrogen-bond donors (Lipinski definition) is 0. The molecule has 0 bridgehead atoms. The molecule has 0 aliphatic rings. The van der Waals surface area contributed by atoms with Crippen LogP contribution in [0.3, 0.4) is 0 Å². The van der Waals surface area contributed by atoms with Crippen LogP contribution in [-0.4, -0.2) is 17.7 Å². The van der Waals surface area contributed by atoms with Gasteiger partial charge in [-0.25, -0.2) is 8.78 Å². The number of hydrogen-bond acceptors (Lipinski definition) is 3. The van der Waals surface area contributed by atoms with E-state index in [1.165, 1.54) is 6.07 Å². The fraction of sp³-hybridized carbons (Fsp3) is 0.263. The molecular weight excluding hydrogens is 342 g/mol. The Kier molecular flexibility index (Phi) is 6.54. The van der Waals surface area contributed by atoms with Crippen molar-refractivity contribution in [1.29, 1.82) is 5.26 Å². The molecule has 0 fully saturated rings. The van der Waals surface area contributed by atoms with Crippen LogP contribution in [0.15, 0.2) is 47.4 Å². The van der Waals surface area contributed by atoms with Gasteiger partial charge < -0.3 is 4.90 Å². The van der Waals surface area contributed by atoms with Crippen LogP contribution < -0.4 is 4.90 Å². The molecule has 0 N–H and O–H groups in total. The van der Waals surface area contributed by atoms with Crippen LogP contribution >= 0.6 is 11.8 Å². The van der Waals surface area contributed by atoms with Crippen LogP contribution in [0.25, 0.3) is 0 Å². The smallest absolute Gasteiger partial charge is 0.240 e. The number of rotatable bonds is 6. The molecule has 1 unspecified atom stereocenters. The summed E-state index contributed by atoms with van der Waals surface area (Å²) in [5.41, 5.74) is 1.78. The van der Waals surface area contributed by atoms with Gasteiger partial charge in [0.2, 0.25) is 5.91 Å². The van der Waals surface area contributed by atoms with Crippen molar-refractivity contribution in [3.8, 4) is 6.07 Å². The highest BCUT2D eigenvalue weighted by molar-refractivity contribution is 8.00. The molecule has 1 atom stereocenters. The van der Waals surface area contributed by atoms with Crippen LogP contribution in [0.1, 0.15) is 18.9 Å². The van der Waals surface area contributed by atoms with Gasteiger partial charge in [-0.3, -0.25) is 4.79 Å². The number of anilines is 1. The zero-order chi connectivity index (χ0) is 18.4. The zero-order valence-electron chi connectivity index (χ0n) is 14.0. The highest BCUT2D eigenvalue weighted by Crippen LogP contribution is 2.27. The molecule has 0 aliphatic heterocycles. The first-order valence-electron chi connectivity index (χ1n) is 7.79. The lowest BCUT2D eigenvalue weighted by molar-refractivity contribution is -0.117. The van der Waals surface area contributed by atoms with Crippen molar-refractivity contribution in [3.63, 3.8) is 0 Å². The monoisotopic (exact) mass is 360 g/mol. The van der Waals surface area contributed by atoms with E-state index in [9.17, 15) is 13.6 Å². The van der Waals surface area contributed by atoms with Gasteiger partial charge in [0.05, 0.1) is 17.7 Å². The van der Waals surface area contributed by atoms with Crippen molar-refractivity contribution in [2.75, 3.05) is 11.4 Å². The Hall–Kier alpha value is -2.39. The molecule has 6 heteroatoms. The first-order valence-corrected chi connectivity index (χ1v) is 8.67. The molecule has 0 spiro atoms. The van der Waals surface area contributed by atoms with Crippen LogP contribution in [0.2, 0.25) is 0 Å². The van der Waals surface area contributed by atoms with Crippen LogP contribution in [0.5, 0.6) is 0 Å². The van der Waals surface area contributed by atoms with Crippen molar-refractivity contribution >= 4 is 23.4 Å². The van der Waals surface area contributed by atoms with Gasteiger partial charge >= 0.3 is 0 Å². The lowest BCUT2D eigenvalue weighted by Gasteiger charge is -2.25. The van der Waals surface area contributed by atoms with Gasteiger partial charge in [0.25, 0.3) is 0 Å². The predicted octanol–water partition coefficient (Wildman–Crippen LogP) is 4.70. The van der Waals surface area contributed by atoms with Crippen LogP contribution in [0, 0.1) is 29.9 Å². The Morgan fingerprint density at radius 1 is 1.20 bits per heavy atom. The van der Waals surface area contributed by atoms with E-state index in [0.29, 0.717) is 10.6 Å². The van der Waals surface area contributed by atoms with E-state index in [1.54, 1.807) is 11.8 Å². The predicted molar refractivity (Wildman–Crippen MR) is 95.4 cm³/mol. The summed E-state index contributed by atoms with van der Waals surface area (Å²) in [6, 6.07) is 13.1. The van der Waals surface area contributed by atoms with Gasteiger partial charge in [-0.05, 0) is 44.2 Å². The summed E-state index contributed by atoms with van der Waals surface area (Å²) in [5, 5.41) is 8.34. The van der Waals surface area contributed by atoms with E-state index in [4.69, 9.17) is 5.26 Å². The normalized spacial score (nSPS) is 11.6. The average molecular weight is 360 g/mol. The Morgan fingerprint density at radius 3 is 2.48 bits per heavy atom. The van der Waals surface area contributed by atoms with Crippen molar-refractivity contribution in [2.45, 2.75) is 30.4 Å². The quantitative estimate of drug-likeness (QED) is 0.701. The van der Waals surface area contributed by atoms with Gasteiger partial charge in [0, 0.05) is 17.1 Å². The van der Waals surface area contributed by atoms with Crippen molar-refractivity contribution in [3.05, 3.63) is 59.7 Å². The number of carbonyl (C=O) groups is 1. The molecule has 25 heavy (non-hydrogen) atoms. The van der Waals surface area contributed by atoms with Crippen LogP contribution in [0.4, 0.5) is 14.5 Å². The number of halogens is 2. The number of nitriles is 1. The number of thioether (sulfide) groups is 1. The molecule has 3 nitrogen and oxygen atoms in total. The maximum atomic E-state index is 13.3. The van der Waals surface area contributed by atoms with Gasteiger partial charge in [0.15, 0.2) is 11.6 Å². The molecule has 2 aromatic carbocycles. The third-order valence-corrected chi connectivity index (χ3v) is 4.69. The second kappa shape index (κ2) is 8.63. The molecule has 0 aromatic heterocycles. The minimum atomic E-state index is -0.940. The first kappa shape index (κ1) is 18.9. The molecule has 0 aliphatic carbocycles. The fourth-order valence-corrected chi connectivity index (χ4v) is 3.23. The van der Waals surface area contributed by atoms with Crippen molar-refractivity contribution < 1.29 is 13.6 Å². The summed E-state index contributed by atoms with van der Waals surface area (Å²) in [5.74, 6) is -2.04. The summed E-state index contributed by atoms with van der Waals surface area (Å²) in [4.78, 5) is 14.9. The molecule has 0 heterocycles. The number of amides is 1. The third-order valence-electron chi connectivity index (χ3n) is 3.61. The van der Waals surface area contributed by atoms with E-state index >= 15 is 0 Å². The van der Waals surface area contributed by atoms with E-state index in [1.807, 2.05) is 37.3 Å². The average Bonchev–Trinajstić information content (AvgIpc) is 2.59. The molecule has 0 radical (unpaired) electrons. The fourth-order valence-electron chi connectivity index (χ4n) is 2.28. The van der Waals surface area contributed by atoms with E-state index in [0.717, 1.165) is 29.5 Å². The summed E-state index contributed by atoms with van der Waals surface area (Å²) >= 11 is 1.15. The first-order chi connectivity index (χ1) is 11.9. The zero-order valence-corrected chi connectivity index (χ0v) is 14.8. The molecule has 1 amide bonds. The second-order valence-electron chi connectivity index (χ2n) is 5.57. The number of benzene rings is 2. The lowest BCUT2D eigenvalue weighted by atomic mass is 10.2. The molecule has 0 saturated carbocycles. The summed E-state index contributed by atoms with van der Waals surface area (Å²) in [7, 11) is 0. The van der Waals surface area contributed by atoms with E-state index in [-0.39, 0.29) is 18.9 Å². The summed E-state index contributed by atoms with van der Waals surface area (Å²) in [6.45, 7) is 3.94. The highest BCUT2D eigenvalue weighted by Gasteiger charge is 2.23. The number of nitrogens with zero attached hydrogens (tertiary/aromatic N) is 2. The van der Waals surface area contributed by atoms with E-state index < -0.39 is 16.9 Å². The molecule has 2 rings (SSSR count). The Morgan fingerprint density at radius 2 is 1.88 bits per heavy atom. The van der Waals surface area contributed by atoms with Crippen molar-refractivity contribution in [2.24, 2.45) is 0 Å². The van der Waals surface area contributed by atoms with Crippen molar-refractivity contribution in [1.82, 2.24) is 0 Å². The Labute approximate surface area is 150 Å². The standard InChI is InChI=1S/C19H18F2N2OS/c1-13-4-6-15(7-5-13)23(11-3-10-22)19(24)14(2)25-16-8-9-17(20)18(21)12-16/h4-9,12,14H,3,11H2,1-2H3. The third kappa shape index (κ3) is 5.04. The van der Waals surface area contributed by atoms with E-state index in [2.05, 4.69) is 0 Å². The number of aryl methyl sites for hydroxylation is 1. The molecule has 2 aromatic rings. The topological polar surface area (TPSA) is 44.1 Å². The van der Waals surface area contributed by atoms with Crippen LogP contribution in [-0.2, 0) is 4.79 Å². The summed E-state index contributed by atoms with van der Waals surface area (Å²) in [6.07, 6.45) is 0.210. The lowest BCUT2D eigenvalue weighted by Crippen LogP contribution is -2.37. The summed E-state index contributed by atoms with van der Waals surface area (Å²) < 4.78 is 26.4. The number of carbonyl (C=O) groups excluding carboxylic acids is 1.